The summed E-state index contributed by atoms with van der Waals surface area (Å²) in [6.45, 7) is 3.38. The molecule has 9 N–H and O–H groups in total. The number of carbonyl (C=O) groups is 3. The Kier molecular flexibility index (Phi) is 7.97. The molecule has 0 aromatic heterocycles. The third kappa shape index (κ3) is 3.77. The highest BCUT2D eigenvalue weighted by atomic mass is 32.2. The van der Waals surface area contributed by atoms with Gasteiger partial charge in [-0.3, -0.25) is 14.5 Å². The van der Waals surface area contributed by atoms with Gasteiger partial charge in [-0.15, -0.1) is 11.8 Å². The molecule has 2 heterocycles. The van der Waals surface area contributed by atoms with Gasteiger partial charge in [-0.1, -0.05) is 18.2 Å². The van der Waals surface area contributed by atoms with Gasteiger partial charge in [0, 0.05) is 10.4 Å². The van der Waals surface area contributed by atoms with Crippen molar-refractivity contribution < 1.29 is 35.9 Å². The molecule has 1 aromatic carbocycles. The number of nitrogens with zero attached hydrogens (tertiary/aromatic N) is 2. The Labute approximate surface area is 160 Å². The van der Waals surface area contributed by atoms with Crippen molar-refractivity contribution in [2.75, 3.05) is 11.4 Å². The zero-order valence-corrected chi connectivity index (χ0v) is 15.7. The Hall–Kier alpha value is -2.18. The van der Waals surface area contributed by atoms with E-state index in [0.717, 1.165) is 0 Å². The fourth-order valence-electron chi connectivity index (χ4n) is 3.38. The van der Waals surface area contributed by atoms with Crippen molar-refractivity contribution in [3.63, 3.8) is 0 Å². The minimum Gasteiger partial charge on any atom is -0.480 e. The number of rotatable bonds is 4. The van der Waals surface area contributed by atoms with Crippen LogP contribution in [0, 0.1) is 0 Å². The first-order valence-corrected chi connectivity index (χ1v) is 8.47. The summed E-state index contributed by atoms with van der Waals surface area (Å²) in [5.41, 5.74) is 6.11. The minimum atomic E-state index is -1.03. The van der Waals surface area contributed by atoms with Crippen LogP contribution in [0.25, 0.3) is 0 Å². The van der Waals surface area contributed by atoms with E-state index in [0.29, 0.717) is 5.69 Å². The molecule has 10 nitrogen and oxygen atoms in total. The third-order valence-electron chi connectivity index (χ3n) is 4.40. The fourth-order valence-corrected chi connectivity index (χ4v) is 5.05. The van der Waals surface area contributed by atoms with Gasteiger partial charge in [0.05, 0.1) is 6.54 Å². The number of amides is 2. The molecule has 1 aromatic rings. The van der Waals surface area contributed by atoms with Gasteiger partial charge >= 0.3 is 5.97 Å². The van der Waals surface area contributed by atoms with Crippen LogP contribution in [0.2, 0.25) is 0 Å². The number of nitrogens with two attached hydrogens (primary N) is 1. The maximum Gasteiger partial charge on any atom is 0.327 e. The predicted octanol–water partition coefficient (Wildman–Crippen LogP) is -1.98. The van der Waals surface area contributed by atoms with E-state index in [4.69, 9.17) is 5.73 Å². The molecule has 0 radical (unpaired) electrons. The number of β-lactam (4-membered cyclic amide) rings is 1. The number of para-hydroxylation sites is 1. The lowest BCUT2D eigenvalue weighted by molar-refractivity contribution is -0.159. The monoisotopic (exact) mass is 403 g/mol. The van der Waals surface area contributed by atoms with Crippen LogP contribution in [0.3, 0.4) is 0 Å². The van der Waals surface area contributed by atoms with E-state index in [1.54, 1.807) is 38.1 Å². The van der Waals surface area contributed by atoms with Gasteiger partial charge in [0.2, 0.25) is 5.91 Å². The Morgan fingerprint density at radius 2 is 1.78 bits per heavy atom. The van der Waals surface area contributed by atoms with E-state index < -0.39 is 22.8 Å². The minimum absolute atomic E-state index is 0. The van der Waals surface area contributed by atoms with Crippen molar-refractivity contribution in [2.45, 2.75) is 36.1 Å². The van der Waals surface area contributed by atoms with Crippen molar-refractivity contribution >= 4 is 35.2 Å². The van der Waals surface area contributed by atoms with E-state index in [-0.39, 0.29) is 40.2 Å². The Morgan fingerprint density at radius 1 is 1.22 bits per heavy atom. The van der Waals surface area contributed by atoms with E-state index >= 15 is 0 Å². The first kappa shape index (κ1) is 24.8. The second kappa shape index (κ2) is 8.67. The second-order valence-corrected chi connectivity index (χ2v) is 8.12. The first-order valence-electron chi connectivity index (χ1n) is 7.59. The number of hydrogen-bond donors (Lipinski definition) is 2. The molecule has 0 spiro atoms. The van der Waals surface area contributed by atoms with Gasteiger partial charge < -0.3 is 32.2 Å². The lowest BCUT2D eigenvalue weighted by atomic mass is 9.95. The van der Waals surface area contributed by atoms with Crippen LogP contribution in [0.5, 0.6) is 0 Å². The number of anilines is 1. The lowest BCUT2D eigenvalue weighted by Gasteiger charge is -2.48. The molecule has 0 bridgehead atoms. The van der Waals surface area contributed by atoms with Crippen LogP contribution >= 0.6 is 11.8 Å². The SMILES string of the molecule is CC1(C)S[C@@H]2[C@H](N(C(=O)CN)c3ccccc3)C(=O)N2[C@H]1C(=O)O.O.O.O. The maximum absolute atomic E-state index is 12.7. The van der Waals surface area contributed by atoms with Crippen molar-refractivity contribution in [3.05, 3.63) is 30.3 Å². The first-order chi connectivity index (χ1) is 11.3. The molecular formula is C16H25N3O7S. The molecule has 0 saturated carbocycles. The summed E-state index contributed by atoms with van der Waals surface area (Å²) in [4.78, 5) is 39.4. The van der Waals surface area contributed by atoms with Crippen LogP contribution in [-0.2, 0) is 14.4 Å². The van der Waals surface area contributed by atoms with Gasteiger partial charge in [0.25, 0.3) is 5.91 Å². The molecule has 152 valence electrons. The molecular weight excluding hydrogens is 378 g/mol. The van der Waals surface area contributed by atoms with E-state index in [1.165, 1.54) is 21.6 Å². The van der Waals surface area contributed by atoms with Crippen molar-refractivity contribution in [2.24, 2.45) is 5.73 Å². The number of carboxylic acid groups (broad SMARTS) is 1. The lowest BCUT2D eigenvalue weighted by Crippen LogP contribution is -2.72. The van der Waals surface area contributed by atoms with Crippen molar-refractivity contribution in [1.82, 2.24) is 4.90 Å². The van der Waals surface area contributed by atoms with Gasteiger partial charge in [-0.25, -0.2) is 4.79 Å². The number of benzene rings is 1. The van der Waals surface area contributed by atoms with Crippen LogP contribution in [-0.4, -0.2) is 73.0 Å². The summed E-state index contributed by atoms with van der Waals surface area (Å²) in [6.07, 6.45) is 0. The van der Waals surface area contributed by atoms with Crippen molar-refractivity contribution in [3.8, 4) is 0 Å². The number of carboxylic acids is 1. The summed E-state index contributed by atoms with van der Waals surface area (Å²) in [5, 5.41) is 9.09. The van der Waals surface area contributed by atoms with E-state index in [9.17, 15) is 19.5 Å². The van der Waals surface area contributed by atoms with Crippen LogP contribution in [0.15, 0.2) is 30.3 Å². The van der Waals surface area contributed by atoms with Crippen molar-refractivity contribution in [1.29, 1.82) is 0 Å². The standard InChI is InChI=1S/C16H19N3O4S.3H2O/c1-16(2)12(15(22)23)19-13(21)11(14(19)24-16)18(10(20)8-17)9-6-4-3-5-7-9;;;/h3-7,11-12,14H,8,17H2,1-2H3,(H,22,23);3*1H2/t11-,12+,14-;;;/m1.../s1. The molecule has 2 fully saturated rings. The normalized spacial score (nSPS) is 24.3. The summed E-state index contributed by atoms with van der Waals surface area (Å²) >= 11 is 1.41. The number of fused-ring (bicyclic) bond motifs is 1. The summed E-state index contributed by atoms with van der Waals surface area (Å²) in [5.74, 6) is -1.74. The molecule has 3 rings (SSSR count). The third-order valence-corrected chi connectivity index (χ3v) is 5.96. The molecule has 2 amide bonds. The highest BCUT2D eigenvalue weighted by molar-refractivity contribution is 8.01. The van der Waals surface area contributed by atoms with Gasteiger partial charge in [-0.2, -0.15) is 0 Å². The zero-order valence-electron chi connectivity index (χ0n) is 14.9. The Morgan fingerprint density at radius 3 is 2.26 bits per heavy atom. The summed E-state index contributed by atoms with van der Waals surface area (Å²) < 4.78 is -0.630. The summed E-state index contributed by atoms with van der Waals surface area (Å²) in [6, 6.07) is 7.22. The average Bonchev–Trinajstić information content (AvgIpc) is 2.80. The molecule has 27 heavy (non-hydrogen) atoms. The van der Waals surface area contributed by atoms with Crippen LogP contribution < -0.4 is 10.6 Å². The number of carbonyl (C=O) groups excluding carboxylic acids is 2. The topological polar surface area (TPSA) is 198 Å². The molecule has 11 heteroatoms. The smallest absolute Gasteiger partial charge is 0.327 e. The number of hydrogen-bond acceptors (Lipinski definition) is 5. The Bertz CT molecular complexity index is 701. The predicted molar refractivity (Wildman–Crippen MR) is 101 cm³/mol. The number of aliphatic carboxylic acids is 1. The van der Waals surface area contributed by atoms with Gasteiger partial charge in [-0.05, 0) is 26.0 Å². The fraction of sp³-hybridized carbons (Fsp3) is 0.438. The van der Waals surface area contributed by atoms with E-state index in [1.807, 2.05) is 6.07 Å². The highest BCUT2D eigenvalue weighted by Gasteiger charge is 2.65. The molecule has 2 aliphatic heterocycles. The maximum atomic E-state index is 12.7. The van der Waals surface area contributed by atoms with Crippen LogP contribution in [0.4, 0.5) is 5.69 Å². The molecule has 2 saturated heterocycles. The average molecular weight is 403 g/mol. The second-order valence-electron chi connectivity index (χ2n) is 6.35. The van der Waals surface area contributed by atoms with Gasteiger partial charge in [0.1, 0.15) is 17.5 Å². The summed E-state index contributed by atoms with van der Waals surface area (Å²) in [7, 11) is 0. The molecule has 0 unspecified atom stereocenters. The number of thioether (sulfide) groups is 1. The largest absolute Gasteiger partial charge is 0.480 e. The Balaban J connectivity index is 0.00000225. The zero-order chi connectivity index (χ0) is 17.6. The quantitative estimate of drug-likeness (QED) is 0.545. The van der Waals surface area contributed by atoms with Crippen LogP contribution in [0.1, 0.15) is 13.8 Å². The molecule has 0 aliphatic carbocycles. The highest BCUT2D eigenvalue weighted by Crippen LogP contribution is 2.52. The molecule has 2 aliphatic rings. The molecule has 3 atom stereocenters. The van der Waals surface area contributed by atoms with Gasteiger partial charge in [0.15, 0.2) is 0 Å². The van der Waals surface area contributed by atoms with E-state index in [2.05, 4.69) is 0 Å².